The van der Waals surface area contributed by atoms with Crippen molar-refractivity contribution in [3.8, 4) is 5.75 Å². The normalized spacial score (nSPS) is 24.6. The van der Waals surface area contributed by atoms with Crippen molar-refractivity contribution in [1.29, 1.82) is 0 Å². The van der Waals surface area contributed by atoms with E-state index in [-0.39, 0.29) is 18.7 Å². The Kier molecular flexibility index (Phi) is 4.98. The van der Waals surface area contributed by atoms with Gasteiger partial charge in [-0.15, -0.1) is 0 Å². The molecular weight excluding hydrogens is 294 g/mol. The standard InChI is InChI=1S/C18H23NO4/c1-21-12-23-17-16(11-6-13-4-3-5-13)19(18(17)20)14-7-9-15(22-2)10-8-14/h6-11,13,16-17H,3-5,12H2,1-2H3/t16?,17-/m1/s1. The third-order valence-corrected chi connectivity index (χ3v) is 4.54. The molecular formula is C18H23NO4. The maximum atomic E-state index is 12.4. The van der Waals surface area contributed by atoms with Crippen molar-refractivity contribution >= 4 is 11.6 Å². The molecule has 5 nitrogen and oxygen atoms in total. The summed E-state index contributed by atoms with van der Waals surface area (Å²) < 4.78 is 15.7. The lowest BCUT2D eigenvalue weighted by molar-refractivity contribution is -0.151. The first-order valence-corrected chi connectivity index (χ1v) is 8.00. The summed E-state index contributed by atoms with van der Waals surface area (Å²) in [6.07, 6.45) is 7.64. The molecule has 1 aliphatic carbocycles. The summed E-state index contributed by atoms with van der Waals surface area (Å²) in [5, 5.41) is 0. The first kappa shape index (κ1) is 16.0. The highest BCUT2D eigenvalue weighted by atomic mass is 16.7. The fourth-order valence-corrected chi connectivity index (χ4v) is 2.93. The number of carbonyl (C=O) groups is 1. The molecule has 1 unspecified atom stereocenters. The second kappa shape index (κ2) is 7.15. The van der Waals surface area contributed by atoms with E-state index in [1.165, 1.54) is 19.3 Å². The number of benzene rings is 1. The van der Waals surface area contributed by atoms with Gasteiger partial charge in [-0.2, -0.15) is 0 Å². The van der Waals surface area contributed by atoms with Gasteiger partial charge in [0.15, 0.2) is 6.10 Å². The quantitative estimate of drug-likeness (QED) is 0.441. The number of β-lactam (4-membered cyclic amide) rings is 1. The summed E-state index contributed by atoms with van der Waals surface area (Å²) in [7, 11) is 3.19. The summed E-state index contributed by atoms with van der Waals surface area (Å²) in [6, 6.07) is 7.43. The van der Waals surface area contributed by atoms with E-state index in [1.807, 2.05) is 24.3 Å². The van der Waals surface area contributed by atoms with E-state index >= 15 is 0 Å². The predicted molar refractivity (Wildman–Crippen MR) is 87.5 cm³/mol. The number of amides is 1. The fourth-order valence-electron chi connectivity index (χ4n) is 2.93. The van der Waals surface area contributed by atoms with Gasteiger partial charge in [-0.3, -0.25) is 4.79 Å². The Morgan fingerprint density at radius 2 is 1.91 bits per heavy atom. The smallest absolute Gasteiger partial charge is 0.259 e. The highest BCUT2D eigenvalue weighted by molar-refractivity contribution is 6.05. The Balaban J connectivity index is 1.75. The molecule has 2 fully saturated rings. The molecule has 0 spiro atoms. The molecule has 1 saturated heterocycles. The summed E-state index contributed by atoms with van der Waals surface area (Å²) in [6.45, 7) is 0.126. The van der Waals surface area contributed by atoms with Crippen molar-refractivity contribution in [2.45, 2.75) is 31.4 Å². The summed E-state index contributed by atoms with van der Waals surface area (Å²) in [5.41, 5.74) is 0.858. The maximum Gasteiger partial charge on any atom is 0.259 e. The number of methoxy groups -OCH3 is 2. The van der Waals surface area contributed by atoms with Crippen LogP contribution in [0, 0.1) is 5.92 Å². The van der Waals surface area contributed by atoms with Gasteiger partial charge in [-0.25, -0.2) is 0 Å². The van der Waals surface area contributed by atoms with E-state index in [4.69, 9.17) is 14.2 Å². The number of anilines is 1. The molecule has 1 aliphatic heterocycles. The first-order chi connectivity index (χ1) is 11.2. The minimum Gasteiger partial charge on any atom is -0.497 e. The van der Waals surface area contributed by atoms with Crippen LogP contribution in [0.3, 0.4) is 0 Å². The molecule has 1 heterocycles. The lowest BCUT2D eigenvalue weighted by Crippen LogP contribution is -2.65. The average molecular weight is 317 g/mol. The topological polar surface area (TPSA) is 48.0 Å². The molecule has 2 atom stereocenters. The largest absolute Gasteiger partial charge is 0.497 e. The monoisotopic (exact) mass is 317 g/mol. The molecule has 1 aromatic rings. The zero-order valence-electron chi connectivity index (χ0n) is 13.6. The van der Waals surface area contributed by atoms with Crippen LogP contribution in [0.2, 0.25) is 0 Å². The highest BCUT2D eigenvalue weighted by Crippen LogP contribution is 2.34. The molecule has 3 rings (SSSR count). The van der Waals surface area contributed by atoms with Gasteiger partial charge < -0.3 is 19.1 Å². The molecule has 0 radical (unpaired) electrons. The lowest BCUT2D eigenvalue weighted by atomic mass is 9.84. The molecule has 5 heteroatoms. The van der Waals surface area contributed by atoms with E-state index in [0.29, 0.717) is 5.92 Å². The second-order valence-electron chi connectivity index (χ2n) is 5.97. The summed E-state index contributed by atoms with van der Waals surface area (Å²) in [4.78, 5) is 14.2. The number of rotatable bonds is 7. The molecule has 0 N–H and O–H groups in total. The predicted octanol–water partition coefficient (Wildman–Crippen LogP) is 2.76. The van der Waals surface area contributed by atoms with Crippen LogP contribution >= 0.6 is 0 Å². The molecule has 124 valence electrons. The zero-order chi connectivity index (χ0) is 16.2. The van der Waals surface area contributed by atoms with Crippen molar-refractivity contribution < 1.29 is 19.0 Å². The molecule has 23 heavy (non-hydrogen) atoms. The SMILES string of the molecule is COCO[C@H]1C(=O)N(c2ccc(OC)cc2)C1C=CC1CCC1. The van der Waals surface area contributed by atoms with Gasteiger partial charge >= 0.3 is 0 Å². The third-order valence-electron chi connectivity index (χ3n) is 4.54. The van der Waals surface area contributed by atoms with Gasteiger partial charge in [0.25, 0.3) is 5.91 Å². The van der Waals surface area contributed by atoms with E-state index < -0.39 is 6.10 Å². The van der Waals surface area contributed by atoms with Gasteiger partial charge in [-0.1, -0.05) is 18.6 Å². The van der Waals surface area contributed by atoms with Crippen molar-refractivity contribution in [3.05, 3.63) is 36.4 Å². The molecule has 0 bridgehead atoms. The highest BCUT2D eigenvalue weighted by Gasteiger charge is 2.47. The maximum absolute atomic E-state index is 12.4. The van der Waals surface area contributed by atoms with Gasteiger partial charge in [0.2, 0.25) is 0 Å². The Hall–Kier alpha value is -1.85. The molecule has 1 saturated carbocycles. The summed E-state index contributed by atoms with van der Waals surface area (Å²) >= 11 is 0. The van der Waals surface area contributed by atoms with Crippen LogP contribution in [0.5, 0.6) is 5.75 Å². The zero-order valence-corrected chi connectivity index (χ0v) is 13.6. The van der Waals surface area contributed by atoms with Crippen molar-refractivity contribution in [3.63, 3.8) is 0 Å². The van der Waals surface area contributed by atoms with Crippen LogP contribution in [0.1, 0.15) is 19.3 Å². The first-order valence-electron chi connectivity index (χ1n) is 8.00. The van der Waals surface area contributed by atoms with Crippen LogP contribution in [0.25, 0.3) is 0 Å². The lowest BCUT2D eigenvalue weighted by Gasteiger charge is -2.45. The third kappa shape index (κ3) is 3.26. The van der Waals surface area contributed by atoms with E-state index in [2.05, 4.69) is 12.2 Å². The van der Waals surface area contributed by atoms with E-state index in [9.17, 15) is 4.79 Å². The number of nitrogens with zero attached hydrogens (tertiary/aromatic N) is 1. The van der Waals surface area contributed by atoms with Crippen molar-refractivity contribution in [1.82, 2.24) is 0 Å². The average Bonchev–Trinajstić information content (AvgIpc) is 2.53. The van der Waals surface area contributed by atoms with Crippen LogP contribution in [0.4, 0.5) is 5.69 Å². The number of hydrogen-bond donors (Lipinski definition) is 0. The van der Waals surface area contributed by atoms with E-state index in [0.717, 1.165) is 11.4 Å². The molecule has 0 aromatic heterocycles. The van der Waals surface area contributed by atoms with Crippen molar-refractivity contribution in [2.24, 2.45) is 5.92 Å². The fraction of sp³-hybridized carbons (Fsp3) is 0.500. The van der Waals surface area contributed by atoms with Crippen LogP contribution in [-0.4, -0.2) is 39.1 Å². The Morgan fingerprint density at radius 3 is 2.48 bits per heavy atom. The number of ether oxygens (including phenoxy) is 3. The summed E-state index contributed by atoms with van der Waals surface area (Å²) in [5.74, 6) is 1.39. The minimum atomic E-state index is -0.464. The molecule has 1 aromatic carbocycles. The Bertz CT molecular complexity index is 565. The molecule has 2 aliphatic rings. The molecule has 1 amide bonds. The number of hydrogen-bond acceptors (Lipinski definition) is 4. The Labute approximate surface area is 136 Å². The van der Waals surface area contributed by atoms with Crippen LogP contribution < -0.4 is 9.64 Å². The number of carbonyl (C=O) groups excluding carboxylic acids is 1. The van der Waals surface area contributed by atoms with E-state index in [1.54, 1.807) is 19.1 Å². The van der Waals surface area contributed by atoms with Crippen molar-refractivity contribution in [2.75, 3.05) is 25.9 Å². The number of allylic oxidation sites excluding steroid dienone is 1. The van der Waals surface area contributed by atoms with Gasteiger partial charge in [0, 0.05) is 12.8 Å². The van der Waals surface area contributed by atoms with Crippen LogP contribution in [0.15, 0.2) is 36.4 Å². The second-order valence-corrected chi connectivity index (χ2v) is 5.97. The Morgan fingerprint density at radius 1 is 1.17 bits per heavy atom. The van der Waals surface area contributed by atoms with Gasteiger partial charge in [0.1, 0.15) is 12.5 Å². The van der Waals surface area contributed by atoms with Crippen LogP contribution in [-0.2, 0) is 14.3 Å². The minimum absolute atomic E-state index is 0.0320. The van der Waals surface area contributed by atoms with Gasteiger partial charge in [-0.05, 0) is 43.0 Å². The van der Waals surface area contributed by atoms with Gasteiger partial charge in [0.05, 0.1) is 13.2 Å².